The Morgan fingerprint density at radius 1 is 0.829 bits per heavy atom. The van der Waals surface area contributed by atoms with E-state index in [0.29, 0.717) is 5.92 Å². The van der Waals surface area contributed by atoms with Gasteiger partial charge in [-0.05, 0) is 54.2 Å². The number of fused-ring (bicyclic) bond motifs is 1. The minimum absolute atomic E-state index is 0.0218. The van der Waals surface area contributed by atoms with E-state index in [1.165, 1.54) is 30.6 Å². The van der Waals surface area contributed by atoms with Crippen molar-refractivity contribution in [3.63, 3.8) is 0 Å². The molecule has 4 aliphatic rings. The predicted octanol–water partition coefficient (Wildman–Crippen LogP) is 4.94. The molecule has 2 aliphatic carbocycles. The summed E-state index contributed by atoms with van der Waals surface area (Å²) < 4.78 is 0. The van der Waals surface area contributed by atoms with E-state index < -0.39 is 5.41 Å². The number of carbonyl (C=O) groups is 3. The van der Waals surface area contributed by atoms with E-state index in [-0.39, 0.29) is 36.6 Å². The Kier molecular flexibility index (Phi) is 5.74. The molecule has 5 heteroatoms. The number of carbonyl (C=O) groups excluding carboxylic acids is 3. The topological polar surface area (TPSA) is 57.7 Å². The molecular weight excluding hydrogens is 436 g/mol. The van der Waals surface area contributed by atoms with Gasteiger partial charge < -0.3 is 4.90 Å². The first-order valence-corrected chi connectivity index (χ1v) is 13.4. The standard InChI is InChI=1S/C30H34N2O3/c33-27(31-17-16-22-8-4-5-9-24(22)20-31)18-30(19-28(34)32(29(30)35)26-14-15-26)25-12-10-23(11-13-25)21-6-2-1-3-7-21/h1-3,6-7,10-13,22,24,26H,4-5,8-9,14-20H2/t22-,24-,30-/m0/s1. The summed E-state index contributed by atoms with van der Waals surface area (Å²) in [5.41, 5.74) is 1.87. The second-order valence-electron chi connectivity index (χ2n) is 11.1. The first-order valence-electron chi connectivity index (χ1n) is 13.4. The van der Waals surface area contributed by atoms with Crippen molar-refractivity contribution in [1.29, 1.82) is 0 Å². The normalized spacial score (nSPS) is 28.8. The maximum Gasteiger partial charge on any atom is 0.241 e. The van der Waals surface area contributed by atoms with Gasteiger partial charge in [0.25, 0.3) is 0 Å². The molecule has 2 heterocycles. The molecule has 2 aromatic rings. The maximum absolute atomic E-state index is 13.9. The summed E-state index contributed by atoms with van der Waals surface area (Å²) >= 11 is 0. The van der Waals surface area contributed by atoms with Crippen LogP contribution in [0.25, 0.3) is 11.1 Å². The largest absolute Gasteiger partial charge is 0.342 e. The Labute approximate surface area is 207 Å². The van der Waals surface area contributed by atoms with Crippen LogP contribution in [0.4, 0.5) is 0 Å². The van der Waals surface area contributed by atoms with Crippen molar-refractivity contribution in [3.05, 3.63) is 60.2 Å². The van der Waals surface area contributed by atoms with Gasteiger partial charge in [0.05, 0.1) is 5.41 Å². The van der Waals surface area contributed by atoms with E-state index in [4.69, 9.17) is 0 Å². The third-order valence-electron chi connectivity index (χ3n) is 8.90. The maximum atomic E-state index is 13.9. The lowest BCUT2D eigenvalue weighted by molar-refractivity contribution is -0.144. The molecule has 2 saturated carbocycles. The van der Waals surface area contributed by atoms with Gasteiger partial charge in [-0.25, -0.2) is 0 Å². The zero-order valence-corrected chi connectivity index (χ0v) is 20.3. The van der Waals surface area contributed by atoms with Gasteiger partial charge in [0.1, 0.15) is 0 Å². The first kappa shape index (κ1) is 22.5. The Hall–Kier alpha value is -2.95. The van der Waals surface area contributed by atoms with Crippen molar-refractivity contribution >= 4 is 17.7 Å². The van der Waals surface area contributed by atoms with Crippen molar-refractivity contribution in [3.8, 4) is 11.1 Å². The second-order valence-corrected chi connectivity index (χ2v) is 11.1. The number of amides is 3. The molecular formula is C30H34N2O3. The van der Waals surface area contributed by atoms with Crippen LogP contribution in [-0.4, -0.2) is 46.7 Å². The smallest absolute Gasteiger partial charge is 0.241 e. The number of benzene rings is 2. The van der Waals surface area contributed by atoms with E-state index in [2.05, 4.69) is 12.1 Å². The van der Waals surface area contributed by atoms with Crippen molar-refractivity contribution in [2.45, 2.75) is 69.2 Å². The average molecular weight is 471 g/mol. The van der Waals surface area contributed by atoms with Gasteiger partial charge in [0.15, 0.2) is 0 Å². The molecule has 2 saturated heterocycles. The van der Waals surface area contributed by atoms with Crippen LogP contribution in [0, 0.1) is 11.8 Å². The van der Waals surface area contributed by atoms with E-state index in [9.17, 15) is 14.4 Å². The number of imide groups is 1. The lowest BCUT2D eigenvalue weighted by Crippen LogP contribution is -2.48. The van der Waals surface area contributed by atoms with Crippen LogP contribution < -0.4 is 0 Å². The highest BCUT2D eigenvalue weighted by molar-refractivity contribution is 6.11. The number of piperidine rings is 1. The van der Waals surface area contributed by atoms with E-state index >= 15 is 0 Å². The molecule has 0 bridgehead atoms. The molecule has 182 valence electrons. The molecule has 2 aliphatic heterocycles. The van der Waals surface area contributed by atoms with Crippen molar-refractivity contribution in [2.75, 3.05) is 13.1 Å². The molecule has 0 aromatic heterocycles. The average Bonchev–Trinajstić information content (AvgIpc) is 3.70. The van der Waals surface area contributed by atoms with E-state index in [1.54, 1.807) is 0 Å². The van der Waals surface area contributed by atoms with Gasteiger partial charge in [0, 0.05) is 32.0 Å². The third-order valence-corrected chi connectivity index (χ3v) is 8.90. The fourth-order valence-corrected chi connectivity index (χ4v) is 6.74. The summed E-state index contributed by atoms with van der Waals surface area (Å²) in [6.45, 7) is 1.58. The lowest BCUT2D eigenvalue weighted by Gasteiger charge is -2.42. The molecule has 3 atom stereocenters. The molecule has 0 N–H and O–H groups in total. The minimum atomic E-state index is -1.09. The fraction of sp³-hybridized carbons (Fsp3) is 0.500. The Balaban J connectivity index is 1.29. The summed E-state index contributed by atoms with van der Waals surface area (Å²) in [6.07, 6.45) is 8.06. The zero-order valence-electron chi connectivity index (χ0n) is 20.3. The van der Waals surface area contributed by atoms with Crippen LogP contribution in [0.1, 0.15) is 63.4 Å². The molecule has 5 nitrogen and oxygen atoms in total. The SMILES string of the molecule is O=C(C[C@@]1(c2ccc(-c3ccccc3)cc2)CC(=O)N(C2CC2)C1=O)N1CC[C@@H]2CCCC[C@H]2C1. The van der Waals surface area contributed by atoms with Crippen LogP contribution in [0.15, 0.2) is 54.6 Å². The molecule has 4 fully saturated rings. The number of nitrogens with zero attached hydrogens (tertiary/aromatic N) is 2. The summed E-state index contributed by atoms with van der Waals surface area (Å²) in [7, 11) is 0. The molecule has 35 heavy (non-hydrogen) atoms. The monoisotopic (exact) mass is 470 g/mol. The molecule has 3 amide bonds. The quantitative estimate of drug-likeness (QED) is 0.582. The van der Waals surface area contributed by atoms with Crippen LogP contribution in [0.2, 0.25) is 0 Å². The van der Waals surface area contributed by atoms with E-state index in [0.717, 1.165) is 55.0 Å². The summed E-state index contributed by atoms with van der Waals surface area (Å²) in [6, 6.07) is 18.1. The van der Waals surface area contributed by atoms with Gasteiger partial charge in [-0.1, -0.05) is 73.9 Å². The van der Waals surface area contributed by atoms with Gasteiger partial charge in [-0.15, -0.1) is 0 Å². The summed E-state index contributed by atoms with van der Waals surface area (Å²) in [4.78, 5) is 44.1. The van der Waals surface area contributed by atoms with Crippen molar-refractivity contribution in [1.82, 2.24) is 9.80 Å². The van der Waals surface area contributed by atoms with Gasteiger partial charge in [-0.2, -0.15) is 0 Å². The van der Waals surface area contributed by atoms with Crippen LogP contribution in [-0.2, 0) is 19.8 Å². The Morgan fingerprint density at radius 2 is 1.51 bits per heavy atom. The van der Waals surface area contributed by atoms with Crippen LogP contribution in [0.5, 0.6) is 0 Å². The van der Waals surface area contributed by atoms with Crippen LogP contribution >= 0.6 is 0 Å². The first-order chi connectivity index (χ1) is 17.0. The number of hydrogen-bond donors (Lipinski definition) is 0. The van der Waals surface area contributed by atoms with Gasteiger partial charge >= 0.3 is 0 Å². The molecule has 2 aromatic carbocycles. The Morgan fingerprint density at radius 3 is 2.23 bits per heavy atom. The second kappa shape index (κ2) is 8.92. The fourth-order valence-electron chi connectivity index (χ4n) is 6.74. The summed E-state index contributed by atoms with van der Waals surface area (Å²) in [5, 5.41) is 0. The number of rotatable bonds is 5. The van der Waals surface area contributed by atoms with E-state index in [1.807, 2.05) is 47.4 Å². The molecule has 0 unspecified atom stereocenters. The third kappa shape index (κ3) is 4.09. The number of likely N-dealkylation sites (tertiary alicyclic amines) is 2. The van der Waals surface area contributed by atoms with Gasteiger partial charge in [-0.3, -0.25) is 19.3 Å². The molecule has 0 radical (unpaired) electrons. The Bertz CT molecular complexity index is 1120. The zero-order chi connectivity index (χ0) is 24.0. The van der Waals surface area contributed by atoms with Crippen molar-refractivity contribution in [2.24, 2.45) is 11.8 Å². The predicted molar refractivity (Wildman–Crippen MR) is 134 cm³/mol. The van der Waals surface area contributed by atoms with Gasteiger partial charge in [0.2, 0.25) is 17.7 Å². The van der Waals surface area contributed by atoms with Crippen LogP contribution in [0.3, 0.4) is 0 Å². The lowest BCUT2D eigenvalue weighted by atomic mass is 9.73. The highest BCUT2D eigenvalue weighted by Gasteiger charge is 2.57. The molecule has 0 spiro atoms. The highest BCUT2D eigenvalue weighted by atomic mass is 16.2. The minimum Gasteiger partial charge on any atom is -0.342 e. The highest BCUT2D eigenvalue weighted by Crippen LogP contribution is 2.45. The van der Waals surface area contributed by atoms with Crippen molar-refractivity contribution < 1.29 is 14.4 Å². The summed E-state index contributed by atoms with van der Waals surface area (Å²) in [5.74, 6) is 1.07. The molecule has 6 rings (SSSR count). The number of hydrogen-bond acceptors (Lipinski definition) is 3.